The quantitative estimate of drug-likeness (QED) is 0.597. The average Bonchev–Trinajstić information content (AvgIpc) is 2.89. The van der Waals surface area contributed by atoms with Crippen LogP contribution in [-0.4, -0.2) is 35.3 Å². The number of carbonyl (C=O) groups excluding carboxylic acids is 1. The van der Waals surface area contributed by atoms with Crippen LogP contribution in [0.1, 0.15) is 32.1 Å². The van der Waals surface area contributed by atoms with Gasteiger partial charge in [-0.15, -0.1) is 0 Å². The van der Waals surface area contributed by atoms with E-state index in [0.29, 0.717) is 5.76 Å². The number of cyclic esters (lactones) is 1. The van der Waals surface area contributed by atoms with Gasteiger partial charge in [0.15, 0.2) is 0 Å². The number of ether oxygens (including phenoxy) is 1. The molecular formula is C13H17NO3. The summed E-state index contributed by atoms with van der Waals surface area (Å²) >= 11 is 0. The van der Waals surface area contributed by atoms with Crippen molar-refractivity contribution in [2.24, 2.45) is 0 Å². The third-order valence-corrected chi connectivity index (χ3v) is 3.05. The number of unbranched alkanes of at least 4 members (excludes halogenated alkanes) is 2. The highest BCUT2D eigenvalue weighted by molar-refractivity contribution is 5.73. The van der Waals surface area contributed by atoms with Crippen LogP contribution < -0.4 is 0 Å². The van der Waals surface area contributed by atoms with Crippen LogP contribution >= 0.6 is 0 Å². The third-order valence-electron chi connectivity index (χ3n) is 3.05. The maximum atomic E-state index is 11.4. The number of aliphatic hydroxyl groups is 1. The van der Waals surface area contributed by atoms with Gasteiger partial charge in [-0.3, -0.25) is 4.90 Å². The molecule has 2 heterocycles. The number of rotatable bonds is 3. The molecule has 0 radical (unpaired) electrons. The maximum Gasteiger partial charge on any atom is 0.415 e. The van der Waals surface area contributed by atoms with Gasteiger partial charge in [-0.2, -0.15) is 0 Å². The Morgan fingerprint density at radius 2 is 2.41 bits per heavy atom. The first kappa shape index (κ1) is 12.0. The number of nitrogens with zero attached hydrogens (tertiary/aromatic N) is 1. The van der Waals surface area contributed by atoms with Crippen LogP contribution in [0.3, 0.4) is 0 Å². The van der Waals surface area contributed by atoms with Crippen molar-refractivity contribution in [2.45, 2.75) is 38.1 Å². The van der Waals surface area contributed by atoms with Gasteiger partial charge in [-0.05, 0) is 25.7 Å². The normalized spacial score (nSPS) is 24.5. The smallest absolute Gasteiger partial charge is 0.412 e. The molecular weight excluding hydrogens is 218 g/mol. The van der Waals surface area contributed by atoms with Crippen molar-refractivity contribution in [3.63, 3.8) is 0 Å². The van der Waals surface area contributed by atoms with Crippen molar-refractivity contribution in [3.8, 4) is 11.8 Å². The zero-order valence-corrected chi connectivity index (χ0v) is 9.82. The van der Waals surface area contributed by atoms with Crippen LogP contribution in [0.2, 0.25) is 0 Å². The molecule has 0 aromatic carbocycles. The number of amides is 1. The highest BCUT2D eigenvalue weighted by Gasteiger charge is 2.40. The summed E-state index contributed by atoms with van der Waals surface area (Å²) < 4.78 is 5.16. The summed E-state index contributed by atoms with van der Waals surface area (Å²) in [6.45, 7) is 1.02. The molecule has 0 bridgehead atoms. The van der Waals surface area contributed by atoms with Crippen molar-refractivity contribution in [1.29, 1.82) is 0 Å². The molecule has 0 aromatic heterocycles. The van der Waals surface area contributed by atoms with Gasteiger partial charge < -0.3 is 9.84 Å². The van der Waals surface area contributed by atoms with E-state index in [0.717, 1.165) is 38.6 Å². The van der Waals surface area contributed by atoms with Crippen molar-refractivity contribution in [2.75, 3.05) is 13.2 Å². The summed E-state index contributed by atoms with van der Waals surface area (Å²) in [5, 5.41) is 8.60. The number of allylic oxidation sites excluding steroid dienone is 1. The summed E-state index contributed by atoms with van der Waals surface area (Å²) in [7, 11) is 0. The van der Waals surface area contributed by atoms with Gasteiger partial charge in [0.25, 0.3) is 0 Å². The van der Waals surface area contributed by atoms with E-state index in [1.165, 1.54) is 0 Å². The minimum absolute atomic E-state index is 0.120. The zero-order valence-electron chi connectivity index (χ0n) is 9.82. The fourth-order valence-corrected chi connectivity index (χ4v) is 2.15. The lowest BCUT2D eigenvalue weighted by atomic mass is 10.2. The van der Waals surface area contributed by atoms with Gasteiger partial charge >= 0.3 is 6.09 Å². The van der Waals surface area contributed by atoms with Gasteiger partial charge in [0, 0.05) is 25.6 Å². The second-order valence-corrected chi connectivity index (χ2v) is 4.27. The molecule has 1 atom stereocenters. The lowest BCUT2D eigenvalue weighted by Gasteiger charge is -2.08. The molecule has 2 saturated heterocycles. The Balaban J connectivity index is 1.87. The van der Waals surface area contributed by atoms with Crippen LogP contribution in [0.15, 0.2) is 11.8 Å². The van der Waals surface area contributed by atoms with E-state index < -0.39 is 0 Å². The molecule has 0 saturated carbocycles. The van der Waals surface area contributed by atoms with E-state index >= 15 is 0 Å². The van der Waals surface area contributed by atoms with Crippen LogP contribution in [-0.2, 0) is 4.74 Å². The van der Waals surface area contributed by atoms with Crippen molar-refractivity contribution in [3.05, 3.63) is 11.8 Å². The van der Waals surface area contributed by atoms with Crippen LogP contribution in [0, 0.1) is 11.8 Å². The highest BCUT2D eigenvalue weighted by Crippen LogP contribution is 2.31. The molecule has 2 aliphatic rings. The van der Waals surface area contributed by atoms with E-state index in [9.17, 15) is 4.79 Å². The molecule has 4 heteroatoms. The molecule has 0 unspecified atom stereocenters. The fraction of sp³-hybridized carbons (Fsp3) is 0.615. The molecule has 92 valence electrons. The molecule has 1 N–H and O–H groups in total. The average molecular weight is 235 g/mol. The Labute approximate surface area is 101 Å². The Morgan fingerprint density at radius 3 is 3.24 bits per heavy atom. The van der Waals surface area contributed by atoms with Crippen LogP contribution in [0.4, 0.5) is 4.79 Å². The Morgan fingerprint density at radius 1 is 1.53 bits per heavy atom. The number of hydrogen-bond donors (Lipinski definition) is 1. The Bertz CT molecular complexity index is 378. The number of fused-ring (bicyclic) bond motifs is 1. The largest absolute Gasteiger partial charge is 0.415 e. The van der Waals surface area contributed by atoms with Crippen LogP contribution in [0.5, 0.6) is 0 Å². The molecule has 4 nitrogen and oxygen atoms in total. The summed E-state index contributed by atoms with van der Waals surface area (Å²) in [5.74, 6) is 6.61. The molecule has 2 rings (SSSR count). The van der Waals surface area contributed by atoms with Gasteiger partial charge in [0.1, 0.15) is 5.76 Å². The fourth-order valence-electron chi connectivity index (χ4n) is 2.15. The molecule has 17 heavy (non-hydrogen) atoms. The van der Waals surface area contributed by atoms with E-state index in [1.807, 2.05) is 0 Å². The topological polar surface area (TPSA) is 49.8 Å². The molecule has 0 spiro atoms. The minimum atomic E-state index is -0.235. The van der Waals surface area contributed by atoms with E-state index in [1.54, 1.807) is 11.0 Å². The second kappa shape index (κ2) is 5.74. The molecule has 0 aromatic rings. The molecule has 1 amide bonds. The zero-order chi connectivity index (χ0) is 12.1. The SMILES string of the molecule is O=C1O/C(=C/C#CCCCCO)[C@@H]2CCCN12. The second-order valence-electron chi connectivity index (χ2n) is 4.27. The first-order valence-corrected chi connectivity index (χ1v) is 6.10. The predicted octanol–water partition coefficient (Wildman–Crippen LogP) is 1.65. The first-order chi connectivity index (χ1) is 8.33. The molecule has 2 aliphatic heterocycles. The number of carbonyl (C=O) groups is 1. The lowest BCUT2D eigenvalue weighted by Crippen LogP contribution is -2.26. The monoisotopic (exact) mass is 235 g/mol. The standard InChI is InChI=1S/C13H17NO3/c15-10-5-3-1-2-4-8-12-11-7-6-9-14(11)13(16)17-12/h8,11,15H,1,3,5-7,9-10H2/b12-8+/t11-/m0/s1. The number of hydrogen-bond acceptors (Lipinski definition) is 3. The Kier molecular flexibility index (Phi) is 4.05. The van der Waals surface area contributed by atoms with Gasteiger partial charge in [-0.25, -0.2) is 4.79 Å². The van der Waals surface area contributed by atoms with Crippen molar-refractivity contribution >= 4 is 6.09 Å². The number of aliphatic hydroxyl groups excluding tert-OH is 1. The lowest BCUT2D eigenvalue weighted by molar-refractivity contribution is 0.170. The first-order valence-electron chi connectivity index (χ1n) is 6.10. The van der Waals surface area contributed by atoms with Gasteiger partial charge in [-0.1, -0.05) is 11.8 Å². The Hall–Kier alpha value is -1.47. The van der Waals surface area contributed by atoms with E-state index in [4.69, 9.17) is 9.84 Å². The highest BCUT2D eigenvalue weighted by atomic mass is 16.6. The van der Waals surface area contributed by atoms with Crippen molar-refractivity contribution in [1.82, 2.24) is 4.90 Å². The van der Waals surface area contributed by atoms with Crippen LogP contribution in [0.25, 0.3) is 0 Å². The molecule has 0 aliphatic carbocycles. The third kappa shape index (κ3) is 2.80. The van der Waals surface area contributed by atoms with Crippen molar-refractivity contribution < 1.29 is 14.6 Å². The summed E-state index contributed by atoms with van der Waals surface area (Å²) in [4.78, 5) is 13.2. The van der Waals surface area contributed by atoms with Gasteiger partial charge in [0.05, 0.1) is 6.04 Å². The molecule has 2 fully saturated rings. The summed E-state index contributed by atoms with van der Waals surface area (Å²) in [6, 6.07) is 0.120. The minimum Gasteiger partial charge on any atom is -0.412 e. The van der Waals surface area contributed by atoms with E-state index in [2.05, 4.69) is 11.8 Å². The maximum absolute atomic E-state index is 11.4. The predicted molar refractivity (Wildman–Crippen MR) is 63.0 cm³/mol. The van der Waals surface area contributed by atoms with E-state index in [-0.39, 0.29) is 18.7 Å². The van der Waals surface area contributed by atoms with Gasteiger partial charge in [0.2, 0.25) is 0 Å². The summed E-state index contributed by atoms with van der Waals surface area (Å²) in [6.07, 6.45) is 5.96. The summed E-state index contributed by atoms with van der Waals surface area (Å²) in [5.41, 5.74) is 0.